The number of carbonyl (C=O) groups excluding carboxylic acids is 1. The number of aryl methyl sites for hydroxylation is 1. The summed E-state index contributed by atoms with van der Waals surface area (Å²) < 4.78 is 3.81. The molecule has 3 aromatic rings. The first kappa shape index (κ1) is 11.8. The molecule has 0 aliphatic rings. The van der Waals surface area contributed by atoms with Gasteiger partial charge in [-0.25, -0.2) is 0 Å². The summed E-state index contributed by atoms with van der Waals surface area (Å²) in [7, 11) is 0. The Bertz CT molecular complexity index is 732. The minimum absolute atomic E-state index is 0.172. The van der Waals surface area contributed by atoms with Gasteiger partial charge in [-0.2, -0.15) is 5.10 Å². The molecule has 2 heterocycles. The van der Waals surface area contributed by atoms with E-state index in [4.69, 9.17) is 0 Å². The fourth-order valence-electron chi connectivity index (χ4n) is 1.82. The summed E-state index contributed by atoms with van der Waals surface area (Å²) in [5.74, 6) is -0.172. The van der Waals surface area contributed by atoms with Crippen molar-refractivity contribution in [3.8, 4) is 0 Å². The van der Waals surface area contributed by atoms with E-state index in [0.717, 1.165) is 33.8 Å². The van der Waals surface area contributed by atoms with Gasteiger partial charge < -0.3 is 5.32 Å². The second-order valence-corrected chi connectivity index (χ2v) is 4.78. The second-order valence-electron chi connectivity index (χ2n) is 4.03. The van der Waals surface area contributed by atoms with E-state index in [9.17, 15) is 4.79 Å². The highest BCUT2D eigenvalue weighted by molar-refractivity contribution is 7.08. The molecule has 0 saturated carbocycles. The molecule has 0 bridgehead atoms. The van der Waals surface area contributed by atoms with Crippen molar-refractivity contribution in [2.45, 2.75) is 13.3 Å². The van der Waals surface area contributed by atoms with Crippen LogP contribution in [0.25, 0.3) is 10.9 Å². The molecule has 6 nitrogen and oxygen atoms in total. The summed E-state index contributed by atoms with van der Waals surface area (Å²) in [6, 6.07) is 5.58. The Balaban J connectivity index is 1.86. The first-order chi connectivity index (χ1) is 9.28. The SMILES string of the molecule is CCc1nnsc1C(=O)Nc1ccc2[nH]ncc2c1. The van der Waals surface area contributed by atoms with E-state index in [1.165, 1.54) is 0 Å². The highest BCUT2D eigenvalue weighted by atomic mass is 32.1. The van der Waals surface area contributed by atoms with Crippen molar-refractivity contribution in [3.05, 3.63) is 35.0 Å². The molecule has 7 heteroatoms. The zero-order chi connectivity index (χ0) is 13.2. The molecule has 0 saturated heterocycles. The maximum atomic E-state index is 12.1. The summed E-state index contributed by atoms with van der Waals surface area (Å²) in [6.45, 7) is 1.95. The summed E-state index contributed by atoms with van der Waals surface area (Å²) in [5, 5.41) is 14.5. The molecule has 0 aliphatic carbocycles. The van der Waals surface area contributed by atoms with Gasteiger partial charge in [0, 0.05) is 11.1 Å². The molecule has 3 rings (SSSR count). The lowest BCUT2D eigenvalue weighted by Crippen LogP contribution is -2.12. The minimum Gasteiger partial charge on any atom is -0.321 e. The first-order valence-corrected chi connectivity index (χ1v) is 6.61. The van der Waals surface area contributed by atoms with E-state index >= 15 is 0 Å². The average Bonchev–Trinajstić information content (AvgIpc) is 3.06. The van der Waals surface area contributed by atoms with Crippen LogP contribution < -0.4 is 5.32 Å². The van der Waals surface area contributed by atoms with Crippen molar-refractivity contribution in [3.63, 3.8) is 0 Å². The van der Waals surface area contributed by atoms with Gasteiger partial charge in [0.05, 0.1) is 17.4 Å². The van der Waals surface area contributed by atoms with Gasteiger partial charge in [-0.1, -0.05) is 11.4 Å². The van der Waals surface area contributed by atoms with Gasteiger partial charge in [-0.05, 0) is 36.2 Å². The molecule has 0 radical (unpaired) electrons. The highest BCUT2D eigenvalue weighted by Crippen LogP contribution is 2.19. The zero-order valence-corrected chi connectivity index (χ0v) is 11.0. The molecule has 1 amide bonds. The molecule has 2 aromatic heterocycles. The average molecular weight is 273 g/mol. The number of aromatic amines is 1. The van der Waals surface area contributed by atoms with Crippen molar-refractivity contribution < 1.29 is 4.79 Å². The second kappa shape index (κ2) is 4.77. The monoisotopic (exact) mass is 273 g/mol. The Hall–Kier alpha value is -2.28. The summed E-state index contributed by atoms with van der Waals surface area (Å²) in [4.78, 5) is 12.7. The van der Waals surface area contributed by atoms with Crippen LogP contribution in [-0.2, 0) is 6.42 Å². The number of amides is 1. The molecular weight excluding hydrogens is 262 g/mol. The highest BCUT2D eigenvalue weighted by Gasteiger charge is 2.15. The Morgan fingerprint density at radius 2 is 2.37 bits per heavy atom. The Kier molecular flexibility index (Phi) is 2.96. The Labute approximate surface area is 113 Å². The van der Waals surface area contributed by atoms with Crippen LogP contribution in [0, 0.1) is 0 Å². The van der Waals surface area contributed by atoms with Gasteiger partial charge in [0.2, 0.25) is 0 Å². The summed E-state index contributed by atoms with van der Waals surface area (Å²) >= 11 is 1.12. The van der Waals surface area contributed by atoms with Crippen LogP contribution in [0.3, 0.4) is 0 Å². The molecule has 1 aromatic carbocycles. The molecule has 0 spiro atoms. The predicted molar refractivity (Wildman–Crippen MR) is 73.3 cm³/mol. The molecule has 2 N–H and O–H groups in total. The number of anilines is 1. The number of nitrogens with one attached hydrogen (secondary N) is 2. The Morgan fingerprint density at radius 3 is 3.21 bits per heavy atom. The van der Waals surface area contributed by atoms with Gasteiger partial charge in [-0.3, -0.25) is 9.89 Å². The lowest BCUT2D eigenvalue weighted by atomic mass is 10.2. The minimum atomic E-state index is -0.172. The van der Waals surface area contributed by atoms with E-state index in [0.29, 0.717) is 11.3 Å². The van der Waals surface area contributed by atoms with Crippen LogP contribution in [0.5, 0.6) is 0 Å². The largest absolute Gasteiger partial charge is 0.321 e. The summed E-state index contributed by atoms with van der Waals surface area (Å²) in [5.41, 5.74) is 2.40. The van der Waals surface area contributed by atoms with Gasteiger partial charge >= 0.3 is 0 Å². The molecular formula is C12H11N5OS. The molecule has 96 valence electrons. The van der Waals surface area contributed by atoms with Crippen molar-refractivity contribution in [1.29, 1.82) is 0 Å². The van der Waals surface area contributed by atoms with E-state index < -0.39 is 0 Å². The molecule has 19 heavy (non-hydrogen) atoms. The fraction of sp³-hybridized carbons (Fsp3) is 0.167. The van der Waals surface area contributed by atoms with Crippen LogP contribution >= 0.6 is 11.5 Å². The van der Waals surface area contributed by atoms with Gasteiger partial charge in [0.15, 0.2) is 0 Å². The van der Waals surface area contributed by atoms with Crippen LogP contribution in [0.2, 0.25) is 0 Å². The third-order valence-electron chi connectivity index (χ3n) is 2.79. The normalized spacial score (nSPS) is 10.8. The van der Waals surface area contributed by atoms with Crippen LogP contribution in [-0.4, -0.2) is 25.7 Å². The maximum Gasteiger partial charge on any atom is 0.269 e. The van der Waals surface area contributed by atoms with E-state index in [1.807, 2.05) is 25.1 Å². The number of hydrogen-bond donors (Lipinski definition) is 2. The Morgan fingerprint density at radius 1 is 1.47 bits per heavy atom. The van der Waals surface area contributed by atoms with Crippen LogP contribution in [0.4, 0.5) is 5.69 Å². The number of carbonyl (C=O) groups is 1. The number of hydrogen-bond acceptors (Lipinski definition) is 5. The number of rotatable bonds is 3. The van der Waals surface area contributed by atoms with E-state index in [2.05, 4.69) is 25.1 Å². The standard InChI is InChI=1S/C12H11N5OS/c1-2-9-11(19-17-16-9)12(18)14-8-3-4-10-7(5-8)6-13-15-10/h3-6H,2H2,1H3,(H,13,15)(H,14,18). The van der Waals surface area contributed by atoms with Crippen molar-refractivity contribution >= 4 is 34.0 Å². The van der Waals surface area contributed by atoms with Crippen LogP contribution in [0.15, 0.2) is 24.4 Å². The fourth-order valence-corrected chi connectivity index (χ4v) is 2.47. The quantitative estimate of drug-likeness (QED) is 0.766. The molecule has 0 aliphatic heterocycles. The number of H-pyrrole nitrogens is 1. The van der Waals surface area contributed by atoms with Crippen molar-refractivity contribution in [2.24, 2.45) is 0 Å². The van der Waals surface area contributed by atoms with Gasteiger partial charge in [0.25, 0.3) is 5.91 Å². The first-order valence-electron chi connectivity index (χ1n) is 5.83. The number of fused-ring (bicyclic) bond motifs is 1. The smallest absolute Gasteiger partial charge is 0.269 e. The topological polar surface area (TPSA) is 83.6 Å². The van der Waals surface area contributed by atoms with Crippen molar-refractivity contribution in [2.75, 3.05) is 5.32 Å². The predicted octanol–water partition coefficient (Wildman–Crippen LogP) is 2.23. The number of aromatic nitrogens is 4. The third kappa shape index (κ3) is 2.19. The number of nitrogens with zero attached hydrogens (tertiary/aromatic N) is 3. The lowest BCUT2D eigenvalue weighted by molar-refractivity contribution is 0.102. The zero-order valence-electron chi connectivity index (χ0n) is 10.2. The lowest BCUT2D eigenvalue weighted by Gasteiger charge is -2.03. The van der Waals surface area contributed by atoms with E-state index in [-0.39, 0.29) is 5.91 Å². The number of benzene rings is 1. The maximum absolute atomic E-state index is 12.1. The van der Waals surface area contributed by atoms with Crippen LogP contribution in [0.1, 0.15) is 22.3 Å². The van der Waals surface area contributed by atoms with Gasteiger partial charge in [0.1, 0.15) is 4.88 Å². The molecule has 0 fully saturated rings. The van der Waals surface area contributed by atoms with Gasteiger partial charge in [-0.15, -0.1) is 5.10 Å². The van der Waals surface area contributed by atoms with Crippen molar-refractivity contribution in [1.82, 2.24) is 19.8 Å². The summed E-state index contributed by atoms with van der Waals surface area (Å²) in [6.07, 6.45) is 2.41. The van der Waals surface area contributed by atoms with E-state index in [1.54, 1.807) is 6.20 Å². The molecule has 0 atom stereocenters. The third-order valence-corrected chi connectivity index (χ3v) is 3.56. The molecule has 0 unspecified atom stereocenters.